The number of hydrogen-bond donors (Lipinski definition) is 2. The van der Waals surface area contributed by atoms with Crippen LogP contribution in [-0.2, 0) is 4.79 Å². The van der Waals surface area contributed by atoms with Crippen LogP contribution in [0.25, 0.3) is 0 Å². The number of amides is 1. The normalized spacial score (nSPS) is 13.9. The number of benzene rings is 1. The summed E-state index contributed by atoms with van der Waals surface area (Å²) < 4.78 is 19.2. The van der Waals surface area contributed by atoms with Crippen molar-refractivity contribution in [3.05, 3.63) is 29.6 Å². The highest BCUT2D eigenvalue weighted by Gasteiger charge is 2.16. The lowest BCUT2D eigenvalue weighted by Crippen LogP contribution is -2.38. The summed E-state index contributed by atoms with van der Waals surface area (Å²) in [6.45, 7) is 7.94. The third-order valence-electron chi connectivity index (χ3n) is 2.83. The fourth-order valence-corrected chi connectivity index (χ4v) is 1.66. The van der Waals surface area contributed by atoms with Gasteiger partial charge in [-0.15, -0.1) is 0 Å². The molecule has 112 valence electrons. The lowest BCUT2D eigenvalue weighted by molar-refractivity contribution is -0.127. The summed E-state index contributed by atoms with van der Waals surface area (Å²) in [5.74, 6) is 0.0516. The van der Waals surface area contributed by atoms with Crippen molar-refractivity contribution < 1.29 is 13.9 Å². The van der Waals surface area contributed by atoms with Crippen molar-refractivity contribution in [3.8, 4) is 5.75 Å². The van der Waals surface area contributed by atoms with Gasteiger partial charge in [0.25, 0.3) is 5.91 Å². The van der Waals surface area contributed by atoms with E-state index in [2.05, 4.69) is 5.32 Å². The Kier molecular flexibility index (Phi) is 5.95. The van der Waals surface area contributed by atoms with Gasteiger partial charge in [0.15, 0.2) is 6.10 Å². The second kappa shape index (κ2) is 7.24. The van der Waals surface area contributed by atoms with E-state index in [9.17, 15) is 9.18 Å². The minimum absolute atomic E-state index is 0.213. The third-order valence-corrected chi connectivity index (χ3v) is 2.83. The van der Waals surface area contributed by atoms with Gasteiger partial charge in [0.1, 0.15) is 11.6 Å². The Morgan fingerprint density at radius 3 is 2.50 bits per heavy atom. The Morgan fingerprint density at radius 2 is 2.00 bits per heavy atom. The van der Waals surface area contributed by atoms with Crippen molar-refractivity contribution in [3.63, 3.8) is 0 Å². The van der Waals surface area contributed by atoms with E-state index in [0.717, 1.165) is 0 Å². The minimum Gasteiger partial charge on any atom is -0.481 e. The molecule has 0 saturated carbocycles. The lowest BCUT2D eigenvalue weighted by atomic mass is 10.1. The highest BCUT2D eigenvalue weighted by atomic mass is 19.1. The molecule has 20 heavy (non-hydrogen) atoms. The van der Waals surface area contributed by atoms with Gasteiger partial charge in [-0.05, 0) is 25.8 Å². The van der Waals surface area contributed by atoms with Crippen LogP contribution in [0.3, 0.4) is 0 Å². The molecule has 0 bridgehead atoms. The average molecular weight is 282 g/mol. The Bertz CT molecular complexity index is 461. The molecule has 5 heteroatoms. The van der Waals surface area contributed by atoms with Crippen LogP contribution in [0.5, 0.6) is 5.75 Å². The molecule has 1 aromatic carbocycles. The van der Waals surface area contributed by atoms with Gasteiger partial charge < -0.3 is 15.8 Å². The number of hydrogen-bond acceptors (Lipinski definition) is 3. The first-order valence-corrected chi connectivity index (χ1v) is 6.80. The van der Waals surface area contributed by atoms with Crippen molar-refractivity contribution in [2.75, 3.05) is 6.54 Å². The molecule has 0 spiro atoms. The summed E-state index contributed by atoms with van der Waals surface area (Å²) in [6, 6.07) is 4.07. The largest absolute Gasteiger partial charge is 0.481 e. The standard InChI is InChI=1S/C15H23FN2O2/c1-9(2)8-18-15(19)11(4)20-12-5-6-13(10(3)17)14(16)7-12/h5-7,9-11H,8,17H2,1-4H3,(H,18,19)/t10-,11?/m0/s1. The van der Waals surface area contributed by atoms with E-state index in [4.69, 9.17) is 10.5 Å². The highest BCUT2D eigenvalue weighted by Crippen LogP contribution is 2.21. The molecule has 0 heterocycles. The molecule has 1 amide bonds. The Morgan fingerprint density at radius 1 is 1.35 bits per heavy atom. The Labute approximate surface area is 119 Å². The molecule has 0 aliphatic rings. The van der Waals surface area contributed by atoms with E-state index < -0.39 is 11.9 Å². The van der Waals surface area contributed by atoms with Crippen molar-refractivity contribution in [2.24, 2.45) is 11.7 Å². The maximum absolute atomic E-state index is 13.7. The van der Waals surface area contributed by atoms with Gasteiger partial charge in [0.05, 0.1) is 0 Å². The van der Waals surface area contributed by atoms with Crippen LogP contribution in [-0.4, -0.2) is 18.6 Å². The lowest BCUT2D eigenvalue weighted by Gasteiger charge is -2.16. The average Bonchev–Trinajstić information content (AvgIpc) is 2.35. The summed E-state index contributed by atoms with van der Waals surface area (Å²) >= 11 is 0. The molecule has 2 atom stereocenters. The van der Waals surface area contributed by atoms with Gasteiger partial charge in [-0.3, -0.25) is 4.79 Å². The predicted octanol–water partition coefficient (Wildman–Crippen LogP) is 2.38. The minimum atomic E-state index is -0.672. The second-order valence-corrected chi connectivity index (χ2v) is 5.37. The topological polar surface area (TPSA) is 64.3 Å². The third kappa shape index (κ3) is 4.81. The van der Waals surface area contributed by atoms with E-state index in [1.54, 1.807) is 26.0 Å². The molecular weight excluding hydrogens is 259 g/mol. The van der Waals surface area contributed by atoms with Crippen LogP contribution in [0.15, 0.2) is 18.2 Å². The fourth-order valence-electron chi connectivity index (χ4n) is 1.66. The first kappa shape index (κ1) is 16.4. The van der Waals surface area contributed by atoms with Gasteiger partial charge in [-0.2, -0.15) is 0 Å². The number of nitrogens with one attached hydrogen (secondary N) is 1. The molecular formula is C15H23FN2O2. The Hall–Kier alpha value is -1.62. The summed E-state index contributed by atoms with van der Waals surface area (Å²) in [4.78, 5) is 11.8. The molecule has 0 radical (unpaired) electrons. The molecule has 0 saturated heterocycles. The van der Waals surface area contributed by atoms with E-state index in [-0.39, 0.29) is 11.9 Å². The predicted molar refractivity (Wildman–Crippen MR) is 76.9 cm³/mol. The molecule has 3 N–H and O–H groups in total. The van der Waals surface area contributed by atoms with Gasteiger partial charge in [-0.25, -0.2) is 4.39 Å². The van der Waals surface area contributed by atoms with Crippen LogP contribution < -0.4 is 15.8 Å². The quantitative estimate of drug-likeness (QED) is 0.842. The van der Waals surface area contributed by atoms with Gasteiger partial charge >= 0.3 is 0 Å². The second-order valence-electron chi connectivity index (χ2n) is 5.37. The van der Waals surface area contributed by atoms with Crippen molar-refractivity contribution in [1.29, 1.82) is 0 Å². The van der Waals surface area contributed by atoms with Gasteiger partial charge in [0, 0.05) is 24.2 Å². The van der Waals surface area contributed by atoms with Crippen LogP contribution in [0.4, 0.5) is 4.39 Å². The number of ether oxygens (including phenoxy) is 1. The summed E-state index contributed by atoms with van der Waals surface area (Å²) in [6.07, 6.45) is -0.672. The zero-order valence-corrected chi connectivity index (χ0v) is 12.4. The van der Waals surface area contributed by atoms with Crippen LogP contribution >= 0.6 is 0 Å². The molecule has 4 nitrogen and oxygen atoms in total. The molecule has 0 fully saturated rings. The first-order chi connectivity index (χ1) is 9.31. The van der Waals surface area contributed by atoms with E-state index in [0.29, 0.717) is 23.8 Å². The number of nitrogens with two attached hydrogens (primary N) is 1. The van der Waals surface area contributed by atoms with E-state index >= 15 is 0 Å². The van der Waals surface area contributed by atoms with Crippen molar-refractivity contribution >= 4 is 5.91 Å². The number of carbonyl (C=O) groups excluding carboxylic acids is 1. The summed E-state index contributed by atoms with van der Waals surface area (Å²) in [7, 11) is 0. The molecule has 0 aromatic heterocycles. The molecule has 1 rings (SSSR count). The number of rotatable bonds is 6. The Balaban J connectivity index is 2.64. The summed E-state index contributed by atoms with van der Waals surface area (Å²) in [5.41, 5.74) is 6.06. The maximum Gasteiger partial charge on any atom is 0.260 e. The van der Waals surface area contributed by atoms with Crippen LogP contribution in [0, 0.1) is 11.7 Å². The van der Waals surface area contributed by atoms with Crippen molar-refractivity contribution in [2.45, 2.75) is 39.8 Å². The van der Waals surface area contributed by atoms with Gasteiger partial charge in [-0.1, -0.05) is 19.9 Å². The molecule has 1 unspecified atom stereocenters. The number of carbonyl (C=O) groups is 1. The molecule has 1 aromatic rings. The maximum atomic E-state index is 13.7. The zero-order chi connectivity index (χ0) is 15.3. The SMILES string of the molecule is CC(C)CNC(=O)C(C)Oc1ccc([C@H](C)N)c(F)c1. The van der Waals surface area contributed by atoms with Crippen molar-refractivity contribution in [1.82, 2.24) is 5.32 Å². The molecule has 0 aliphatic heterocycles. The van der Waals surface area contributed by atoms with Gasteiger partial charge in [0.2, 0.25) is 0 Å². The molecule has 0 aliphatic carbocycles. The van der Waals surface area contributed by atoms with E-state index in [1.807, 2.05) is 13.8 Å². The van der Waals surface area contributed by atoms with Crippen LogP contribution in [0.2, 0.25) is 0 Å². The smallest absolute Gasteiger partial charge is 0.260 e. The zero-order valence-electron chi connectivity index (χ0n) is 12.4. The van der Waals surface area contributed by atoms with Crippen LogP contribution in [0.1, 0.15) is 39.3 Å². The fraction of sp³-hybridized carbons (Fsp3) is 0.533. The monoisotopic (exact) mass is 282 g/mol. The first-order valence-electron chi connectivity index (χ1n) is 6.80. The highest BCUT2D eigenvalue weighted by molar-refractivity contribution is 5.80. The number of halogens is 1. The van der Waals surface area contributed by atoms with E-state index in [1.165, 1.54) is 6.07 Å². The summed E-state index contributed by atoms with van der Waals surface area (Å²) in [5, 5.41) is 2.77.